The van der Waals surface area contributed by atoms with Gasteiger partial charge in [0.25, 0.3) is 5.91 Å². The van der Waals surface area contributed by atoms with Gasteiger partial charge in [-0.1, -0.05) is 29.3 Å². The molecule has 3 aromatic rings. The normalized spacial score (nSPS) is 13.1. The number of anilines is 2. The molecule has 32 heavy (non-hydrogen) atoms. The number of nitrogens with zero attached hydrogens (tertiary/aromatic N) is 1. The summed E-state index contributed by atoms with van der Waals surface area (Å²) in [6.07, 6.45) is 0. The number of thiocarbonyl (C=S) groups is 1. The van der Waals surface area contributed by atoms with E-state index in [1.807, 2.05) is 0 Å². The maximum Gasteiger partial charge on any atom is 0.262 e. The summed E-state index contributed by atoms with van der Waals surface area (Å²) >= 11 is 18.7. The van der Waals surface area contributed by atoms with Gasteiger partial charge in [0.1, 0.15) is 11.5 Å². The second-order valence-electron chi connectivity index (χ2n) is 6.77. The van der Waals surface area contributed by atoms with Gasteiger partial charge in [0.2, 0.25) is 0 Å². The van der Waals surface area contributed by atoms with Gasteiger partial charge in [-0.15, -0.1) is 11.3 Å². The molecule has 11 heteroatoms. The zero-order valence-electron chi connectivity index (χ0n) is 16.5. The first kappa shape index (κ1) is 22.3. The van der Waals surface area contributed by atoms with E-state index < -0.39 is 0 Å². The molecule has 4 N–H and O–H groups in total. The van der Waals surface area contributed by atoms with Gasteiger partial charge in [-0.05, 0) is 55.0 Å². The molecular weight excluding hydrogens is 491 g/mol. The molecule has 1 aromatic heterocycles. The van der Waals surface area contributed by atoms with E-state index in [-0.39, 0.29) is 23.4 Å². The second kappa shape index (κ2) is 9.33. The summed E-state index contributed by atoms with van der Waals surface area (Å²) < 4.78 is 5.33. The van der Waals surface area contributed by atoms with Crippen LogP contribution < -0.4 is 20.8 Å². The maximum atomic E-state index is 11.5. The van der Waals surface area contributed by atoms with Crippen molar-refractivity contribution in [3.05, 3.63) is 57.4 Å². The lowest BCUT2D eigenvalue weighted by Gasteiger charge is -2.18. The molecule has 0 atom stereocenters. The number of fused-ring (bicyclic) bond motifs is 1. The minimum atomic E-state index is -0.216. The topological polar surface area (TPSA) is 95.0 Å². The third-order valence-electron chi connectivity index (χ3n) is 4.53. The van der Waals surface area contributed by atoms with Gasteiger partial charge in [0, 0.05) is 11.1 Å². The Kier molecular flexibility index (Phi) is 6.52. The highest BCUT2D eigenvalue weighted by atomic mass is 35.5. The first-order valence-electron chi connectivity index (χ1n) is 9.26. The summed E-state index contributed by atoms with van der Waals surface area (Å²) in [6, 6.07) is 10.4. The van der Waals surface area contributed by atoms with Crippen LogP contribution >= 0.6 is 46.8 Å². The third-order valence-corrected chi connectivity index (χ3v) is 6.48. The fraction of sp³-hybridized carbons (Fsp3) is 0.0952. The predicted molar refractivity (Wildman–Crippen MR) is 134 cm³/mol. The van der Waals surface area contributed by atoms with Crippen LogP contribution in [0.2, 0.25) is 10.0 Å². The number of ether oxygens (including phenoxy) is 1. The number of hydrogen-bond donors (Lipinski definition) is 4. The molecule has 0 spiro atoms. The van der Waals surface area contributed by atoms with Gasteiger partial charge in [-0.25, -0.2) is 0 Å². The summed E-state index contributed by atoms with van der Waals surface area (Å²) in [5, 5.41) is 23.6. The predicted octanol–water partition coefficient (Wildman–Crippen LogP) is 5.47. The minimum absolute atomic E-state index is 0.00403. The highest BCUT2D eigenvalue weighted by molar-refractivity contribution is 7.80. The van der Waals surface area contributed by atoms with Crippen LogP contribution in [0.15, 0.2) is 46.9 Å². The maximum absolute atomic E-state index is 11.5. The molecule has 1 aliphatic heterocycles. The van der Waals surface area contributed by atoms with Crippen LogP contribution in [0, 0.1) is 0 Å². The zero-order valence-corrected chi connectivity index (χ0v) is 19.7. The van der Waals surface area contributed by atoms with Crippen molar-refractivity contribution in [2.75, 3.05) is 17.2 Å². The monoisotopic (exact) mass is 506 g/mol. The van der Waals surface area contributed by atoms with Crippen molar-refractivity contribution in [1.82, 2.24) is 5.43 Å². The molecule has 7 nitrogen and oxygen atoms in total. The molecule has 2 aromatic carbocycles. The Labute approximate surface area is 203 Å². The number of halogens is 2. The Morgan fingerprint density at radius 1 is 1.25 bits per heavy atom. The average Bonchev–Trinajstić information content (AvgIpc) is 3.15. The van der Waals surface area contributed by atoms with Gasteiger partial charge in [-0.2, -0.15) is 5.10 Å². The van der Waals surface area contributed by atoms with E-state index in [1.54, 1.807) is 48.7 Å². The van der Waals surface area contributed by atoms with Crippen LogP contribution in [0.1, 0.15) is 12.5 Å². The van der Waals surface area contributed by atoms with Crippen molar-refractivity contribution in [1.29, 1.82) is 0 Å². The number of amides is 1. The van der Waals surface area contributed by atoms with Gasteiger partial charge < -0.3 is 20.5 Å². The van der Waals surface area contributed by atoms with Crippen molar-refractivity contribution < 1.29 is 14.6 Å². The lowest BCUT2D eigenvalue weighted by atomic mass is 10.1. The van der Waals surface area contributed by atoms with E-state index >= 15 is 0 Å². The van der Waals surface area contributed by atoms with Crippen molar-refractivity contribution in [3.8, 4) is 21.9 Å². The Bertz CT molecular complexity index is 1260. The molecular formula is C21H16Cl2N4O3S2. The van der Waals surface area contributed by atoms with E-state index in [9.17, 15) is 9.90 Å². The molecule has 0 aliphatic carbocycles. The second-order valence-corrected chi connectivity index (χ2v) is 8.87. The molecule has 0 bridgehead atoms. The molecule has 1 amide bonds. The number of benzene rings is 2. The molecule has 164 valence electrons. The van der Waals surface area contributed by atoms with E-state index in [2.05, 4.69) is 21.2 Å². The van der Waals surface area contributed by atoms with E-state index in [0.717, 1.165) is 5.56 Å². The number of carbonyl (C=O) groups is 1. The number of nitrogens with one attached hydrogen (secondary N) is 3. The van der Waals surface area contributed by atoms with Crippen LogP contribution in [0.5, 0.6) is 11.5 Å². The fourth-order valence-corrected chi connectivity index (χ4v) is 4.43. The summed E-state index contributed by atoms with van der Waals surface area (Å²) in [7, 11) is 0. The minimum Gasteiger partial charge on any atom is -0.506 e. The summed E-state index contributed by atoms with van der Waals surface area (Å²) in [5.41, 5.74) is 5.84. The first-order chi connectivity index (χ1) is 15.3. The zero-order chi connectivity index (χ0) is 22.8. The lowest BCUT2D eigenvalue weighted by molar-refractivity contribution is -0.118. The fourth-order valence-electron chi connectivity index (χ4n) is 2.97. The van der Waals surface area contributed by atoms with Crippen LogP contribution in [-0.2, 0) is 4.79 Å². The largest absolute Gasteiger partial charge is 0.506 e. The number of hydrogen-bond acceptors (Lipinski definition) is 6. The summed E-state index contributed by atoms with van der Waals surface area (Å²) in [4.78, 5) is 12.1. The average molecular weight is 507 g/mol. The summed E-state index contributed by atoms with van der Waals surface area (Å²) in [5.74, 6) is 0.473. The van der Waals surface area contributed by atoms with Crippen LogP contribution in [0.4, 0.5) is 11.4 Å². The van der Waals surface area contributed by atoms with E-state index in [4.69, 9.17) is 40.2 Å². The molecule has 1 aliphatic rings. The number of thiophene rings is 1. The molecule has 2 heterocycles. The quantitative estimate of drug-likeness (QED) is 0.213. The first-order valence-corrected chi connectivity index (χ1v) is 11.3. The van der Waals surface area contributed by atoms with Crippen LogP contribution in [0.3, 0.4) is 0 Å². The number of rotatable bonds is 4. The number of hydrazone groups is 1. The standard InChI is InChI=1S/C21H16Cl2N4O3S2/c1-10(13-9-32-20(19(13)29)11-2-4-14(22)15(23)6-11)26-27-21(31)24-12-3-5-17-16(7-12)25-18(28)8-30-17/h2-7,9,29H,8H2,1H3,(H,25,28)(H2,24,27,31). The Hall–Kier alpha value is -2.85. The molecule has 0 unspecified atom stereocenters. The van der Waals surface area contributed by atoms with Crippen molar-refractivity contribution >= 4 is 74.9 Å². The van der Waals surface area contributed by atoms with Gasteiger partial charge >= 0.3 is 0 Å². The van der Waals surface area contributed by atoms with Gasteiger partial charge in [-0.3, -0.25) is 10.2 Å². The van der Waals surface area contributed by atoms with Crippen molar-refractivity contribution in [2.45, 2.75) is 6.92 Å². The van der Waals surface area contributed by atoms with Gasteiger partial charge in [0.15, 0.2) is 11.7 Å². The SMILES string of the molecule is CC(=NNC(=S)Nc1ccc2c(c1)NC(=O)CO2)c1csc(-c2ccc(Cl)c(Cl)c2)c1O. The number of aromatic hydroxyl groups is 1. The van der Waals surface area contributed by atoms with Gasteiger partial charge in [0.05, 0.1) is 31.9 Å². The third kappa shape index (κ3) is 4.81. The van der Waals surface area contributed by atoms with E-state index in [1.165, 1.54) is 11.3 Å². The van der Waals surface area contributed by atoms with E-state index in [0.29, 0.717) is 43.3 Å². The number of carbonyl (C=O) groups excluding carboxylic acids is 1. The molecule has 0 radical (unpaired) electrons. The van der Waals surface area contributed by atoms with Crippen LogP contribution in [0.25, 0.3) is 10.4 Å². The highest BCUT2D eigenvalue weighted by Gasteiger charge is 2.17. The smallest absolute Gasteiger partial charge is 0.262 e. The Morgan fingerprint density at radius 2 is 2.06 bits per heavy atom. The Morgan fingerprint density at radius 3 is 2.84 bits per heavy atom. The van der Waals surface area contributed by atoms with Crippen molar-refractivity contribution in [2.24, 2.45) is 5.10 Å². The molecule has 4 rings (SSSR count). The summed E-state index contributed by atoms with van der Waals surface area (Å²) in [6.45, 7) is 1.75. The van der Waals surface area contributed by atoms with Crippen LogP contribution in [-0.4, -0.2) is 28.4 Å². The lowest BCUT2D eigenvalue weighted by Crippen LogP contribution is -2.27. The van der Waals surface area contributed by atoms with Crippen molar-refractivity contribution in [3.63, 3.8) is 0 Å². The molecule has 0 saturated carbocycles. The molecule has 0 saturated heterocycles. The highest BCUT2D eigenvalue weighted by Crippen LogP contribution is 2.40. The molecule has 0 fully saturated rings. The Balaban J connectivity index is 1.44.